The molecule has 6 saturated carbocycles. The Hall–Kier alpha value is -7.98. The SMILES string of the molecule is O=C(OCCOCCOCCOC(=O)Oc1ccc2c3c1O[C@@H]1C(=O)CC[C@]4(O)[C@H](C2)N(CC2CC2)CC[C@@]314)Oc1ccc2c3c1O[C@@H]1C(=O)CC[C@]4(O)[C@H](C2)N(CC2CC2)CC[C@@]314.O=C(Oc1ccc([N+](=O)[O-])cc1)Oc1ccc2c3c1O[C@@H]1C(=O)CC[C@]4(O)[C@H](C2)N(CC2CC2)CC[C@@]314.OCCOCCOCCO. The Morgan fingerprint density at radius 2 is 0.757 bits per heavy atom. The van der Waals surface area contributed by atoms with E-state index in [-0.39, 0.29) is 136 Å². The lowest BCUT2D eigenvalue weighted by Gasteiger charge is -2.62. The van der Waals surface area contributed by atoms with Crippen LogP contribution in [0.3, 0.4) is 0 Å². The number of ether oxygens (including phenoxy) is 13. The van der Waals surface area contributed by atoms with Crippen LogP contribution in [0, 0.1) is 27.9 Å². The van der Waals surface area contributed by atoms with E-state index in [9.17, 15) is 54.2 Å². The zero-order valence-electron chi connectivity index (χ0n) is 62.0. The first kappa shape index (κ1) is 75.7. The highest BCUT2D eigenvalue weighted by Crippen LogP contribution is 2.69. The van der Waals surface area contributed by atoms with Gasteiger partial charge in [0.15, 0.2) is 70.2 Å². The standard InChI is InChI=1S/C48H56N2O14.C27H26N2O8.C6H14O4/c51-31-9-11-47(55)35-23-29-5-7-33(39-37(29)45(47,41(31)63-39)13-15-49(35)25-27-1-2-27)61-43(53)59-21-19-57-17-18-58-20-22-60-44(54)62-34-8-6-30-24-36-48(56)12-10-32(52)42-46(48,38(30)40(34)64-42)14-16-50(36)26-28-3-4-28;30-19-9-10-27(32)21-13-16-3-8-20(36-25(31)35-18-6-4-17(5-7-18)29(33)34)23-22(16)26(27,24(19)37-23)11-12-28(21)14-15-1-2-15;7-1-3-9-5-6-10-4-2-8/h5-8,27-28,35-36,41-42,55-56H,1-4,9-26H2;3-8,15,21,24,32H,1-2,9-14H2;7-8H,1-6H2/t35-,36-,41+,42+,45+,46+,47-,48-;21-,24+,26+,27-;/m00./s1. The third kappa shape index (κ3) is 13.1. The summed E-state index contributed by atoms with van der Waals surface area (Å²) in [6.07, 6.45) is 7.66. The van der Waals surface area contributed by atoms with Gasteiger partial charge in [-0.15, -0.1) is 0 Å². The van der Waals surface area contributed by atoms with Crippen LogP contribution in [0.5, 0.6) is 40.2 Å². The number of ketones is 3. The Bertz CT molecular complexity index is 4140. The van der Waals surface area contributed by atoms with Crippen molar-refractivity contribution in [1.82, 2.24) is 14.7 Å². The summed E-state index contributed by atoms with van der Waals surface area (Å²) in [6.45, 7) is 7.35. The summed E-state index contributed by atoms with van der Waals surface area (Å²) < 4.78 is 72.4. The molecule has 9 aliphatic carbocycles. The zero-order valence-corrected chi connectivity index (χ0v) is 62.0. The molecular weight excluding hydrogens is 1440 g/mol. The van der Waals surface area contributed by atoms with Crippen molar-refractivity contribution >= 4 is 41.5 Å². The highest BCUT2D eigenvalue weighted by Gasteiger charge is 2.77. The van der Waals surface area contributed by atoms with Gasteiger partial charge >= 0.3 is 18.5 Å². The fourth-order valence-electron chi connectivity index (χ4n) is 21.2. The number of Topliss-reactive ketones (excluding diaryl/α,β-unsaturated/α-hetero) is 3. The number of hydrogen-bond acceptors (Lipinski definition) is 29. The lowest BCUT2D eigenvalue weighted by Crippen LogP contribution is -2.76. The molecule has 15 aliphatic rings. The van der Waals surface area contributed by atoms with Gasteiger partial charge in [-0.3, -0.25) is 39.2 Å². The molecule has 12 atom stereocenters. The van der Waals surface area contributed by atoms with E-state index in [2.05, 4.69) is 14.7 Å². The van der Waals surface area contributed by atoms with Gasteiger partial charge in [-0.25, -0.2) is 14.4 Å². The van der Waals surface area contributed by atoms with Crippen LogP contribution in [0.2, 0.25) is 0 Å². The number of likely N-dealkylation sites (tertiary alicyclic amines) is 3. The molecule has 6 bridgehead atoms. The quantitative estimate of drug-likeness (QED) is 0.0150. The molecule has 30 nitrogen and oxygen atoms in total. The molecule has 596 valence electrons. The number of piperidine rings is 3. The van der Waals surface area contributed by atoms with Gasteiger partial charge in [0.05, 0.1) is 104 Å². The second-order valence-electron chi connectivity index (χ2n) is 32.6. The first-order chi connectivity index (χ1) is 53.7. The van der Waals surface area contributed by atoms with Crippen LogP contribution in [0.4, 0.5) is 20.1 Å². The molecule has 3 spiro atoms. The normalized spacial score (nSPS) is 31.5. The van der Waals surface area contributed by atoms with Crippen LogP contribution >= 0.6 is 0 Å². The maximum Gasteiger partial charge on any atom is 0.519 e. The summed E-state index contributed by atoms with van der Waals surface area (Å²) in [4.78, 5) is 95.7. The van der Waals surface area contributed by atoms with E-state index >= 15 is 0 Å². The van der Waals surface area contributed by atoms with Gasteiger partial charge in [0.2, 0.25) is 0 Å². The number of carbonyl (C=O) groups is 6. The van der Waals surface area contributed by atoms with Crippen molar-refractivity contribution in [3.8, 4) is 40.2 Å². The van der Waals surface area contributed by atoms with Gasteiger partial charge in [-0.05, 0) is 181 Å². The second kappa shape index (κ2) is 30.1. The summed E-state index contributed by atoms with van der Waals surface area (Å²) in [6, 6.07) is 15.6. The van der Waals surface area contributed by atoms with Crippen molar-refractivity contribution in [3.05, 3.63) is 104 Å². The van der Waals surface area contributed by atoms with E-state index in [1.165, 1.54) is 62.8 Å². The predicted octanol–water partition coefficient (Wildman–Crippen LogP) is 6.03. The summed E-state index contributed by atoms with van der Waals surface area (Å²) in [5, 5.41) is 64.6. The third-order valence-electron chi connectivity index (χ3n) is 26.6. The van der Waals surface area contributed by atoms with Crippen LogP contribution in [0.15, 0.2) is 60.7 Å². The molecule has 6 heterocycles. The monoisotopic (exact) mass is 1540 g/mol. The van der Waals surface area contributed by atoms with E-state index in [1.54, 1.807) is 18.2 Å². The molecule has 3 saturated heterocycles. The zero-order chi connectivity index (χ0) is 76.8. The fourth-order valence-corrected chi connectivity index (χ4v) is 21.2. The molecule has 4 aromatic carbocycles. The van der Waals surface area contributed by atoms with Crippen molar-refractivity contribution in [2.45, 2.75) is 185 Å². The second-order valence-corrected chi connectivity index (χ2v) is 32.6. The van der Waals surface area contributed by atoms with Gasteiger partial charge in [0.1, 0.15) is 19.0 Å². The van der Waals surface area contributed by atoms with Gasteiger partial charge in [0.25, 0.3) is 5.69 Å². The number of nitrogens with zero attached hydrogens (tertiary/aromatic N) is 4. The lowest BCUT2D eigenvalue weighted by molar-refractivity contribution is -0.384. The molecule has 9 fully saturated rings. The van der Waals surface area contributed by atoms with E-state index in [0.29, 0.717) is 119 Å². The van der Waals surface area contributed by atoms with Gasteiger partial charge in [-0.1, -0.05) is 18.2 Å². The largest absolute Gasteiger partial charge is 0.519 e. The number of nitro benzene ring substituents is 1. The van der Waals surface area contributed by atoms with Crippen LogP contribution in [0.1, 0.15) is 130 Å². The van der Waals surface area contributed by atoms with Crippen LogP contribution in [0.25, 0.3) is 0 Å². The average molecular weight is 1540 g/mol. The number of rotatable bonds is 27. The van der Waals surface area contributed by atoms with Crippen LogP contribution in [-0.2, 0) is 78.3 Å². The Morgan fingerprint density at radius 3 is 1.08 bits per heavy atom. The van der Waals surface area contributed by atoms with Crippen LogP contribution < -0.4 is 33.2 Å². The molecule has 5 N–H and O–H groups in total. The van der Waals surface area contributed by atoms with Crippen LogP contribution in [-0.4, -0.2) is 253 Å². The maximum atomic E-state index is 13.4. The number of aliphatic hydroxyl groups excluding tert-OH is 2. The lowest BCUT2D eigenvalue weighted by atomic mass is 9.49. The minimum Gasteiger partial charge on any atom is -0.477 e. The highest BCUT2D eigenvalue weighted by molar-refractivity contribution is 5.92. The summed E-state index contributed by atoms with van der Waals surface area (Å²) in [7, 11) is 0. The summed E-state index contributed by atoms with van der Waals surface area (Å²) in [5.41, 5.74) is -0.581. The van der Waals surface area contributed by atoms with Crippen molar-refractivity contribution < 1.29 is 121 Å². The van der Waals surface area contributed by atoms with Gasteiger partial charge < -0.3 is 87.1 Å². The molecule has 6 aliphatic heterocycles. The molecule has 4 aromatic rings. The smallest absolute Gasteiger partial charge is 0.477 e. The van der Waals surface area contributed by atoms with E-state index in [0.717, 1.165) is 72.6 Å². The van der Waals surface area contributed by atoms with Crippen molar-refractivity contribution in [3.63, 3.8) is 0 Å². The number of nitro groups is 1. The Kier molecular flexibility index (Phi) is 20.5. The highest BCUT2D eigenvalue weighted by atomic mass is 16.7. The molecule has 0 radical (unpaired) electrons. The number of hydrogen-bond donors (Lipinski definition) is 5. The maximum absolute atomic E-state index is 13.4. The molecule has 0 amide bonds. The number of benzene rings is 4. The van der Waals surface area contributed by atoms with Crippen molar-refractivity contribution in [2.24, 2.45) is 17.8 Å². The van der Waals surface area contributed by atoms with Crippen molar-refractivity contribution in [2.75, 3.05) is 119 Å². The molecule has 0 aromatic heterocycles. The molecule has 19 rings (SSSR count). The molecule has 0 unspecified atom stereocenters. The van der Waals surface area contributed by atoms with Crippen molar-refractivity contribution in [1.29, 1.82) is 0 Å². The number of carbonyl (C=O) groups excluding carboxylic acids is 6. The van der Waals surface area contributed by atoms with E-state index < -0.39 is 74.7 Å². The first-order valence-corrected chi connectivity index (χ1v) is 39.6. The Balaban J connectivity index is 0.000000160. The van der Waals surface area contributed by atoms with Gasteiger partial charge in [0, 0.05) is 85.8 Å². The predicted molar refractivity (Wildman–Crippen MR) is 386 cm³/mol. The average Bonchev–Trinajstić information content (AvgIpc) is 1.04. The van der Waals surface area contributed by atoms with E-state index in [1.807, 2.05) is 18.2 Å². The molecule has 30 heteroatoms. The topological polar surface area (TPSA) is 376 Å². The third-order valence-corrected chi connectivity index (χ3v) is 26.6. The van der Waals surface area contributed by atoms with E-state index in [4.69, 9.17) is 71.8 Å². The Morgan fingerprint density at radius 1 is 0.432 bits per heavy atom. The summed E-state index contributed by atoms with van der Waals surface area (Å²) in [5.74, 6) is 3.53. The molecular formula is C81H96N4O26. The summed E-state index contributed by atoms with van der Waals surface area (Å²) >= 11 is 0. The van der Waals surface area contributed by atoms with Gasteiger partial charge in [-0.2, -0.15) is 0 Å². The Labute approximate surface area is 640 Å². The molecule has 111 heavy (non-hydrogen) atoms. The minimum absolute atomic E-state index is 0.0303. The first-order valence-electron chi connectivity index (χ1n) is 39.6. The fraction of sp³-hybridized carbons (Fsp3) is 0.630. The number of aliphatic hydroxyl groups is 5. The minimum atomic E-state index is -1.11. The number of non-ortho nitro benzene ring substituents is 1.